The summed E-state index contributed by atoms with van der Waals surface area (Å²) < 4.78 is 26.7. The Morgan fingerprint density at radius 1 is 1.09 bits per heavy atom. The Bertz CT molecular complexity index is 639. The van der Waals surface area contributed by atoms with Crippen LogP contribution in [0.1, 0.15) is 19.3 Å². The first-order valence-corrected chi connectivity index (χ1v) is 9.05. The smallest absolute Gasteiger partial charge is 0.274 e. The van der Waals surface area contributed by atoms with Gasteiger partial charge in [-0.2, -0.15) is 4.31 Å². The Kier molecular flexibility index (Phi) is 4.30. The number of hydrogen-bond donors (Lipinski definition) is 1. The number of piperidine rings is 1. The van der Waals surface area contributed by atoms with Crippen LogP contribution in [0.4, 0.5) is 5.82 Å². The van der Waals surface area contributed by atoms with Crippen molar-refractivity contribution in [2.75, 3.05) is 37.6 Å². The molecule has 1 amide bonds. The highest BCUT2D eigenvalue weighted by molar-refractivity contribution is 7.89. The number of aromatic amines is 1. The Labute approximate surface area is 130 Å². The summed E-state index contributed by atoms with van der Waals surface area (Å²) in [4.78, 5) is 16.6. The Morgan fingerprint density at radius 2 is 1.86 bits per heavy atom. The molecule has 1 aromatic rings. The molecule has 2 fully saturated rings. The number of sulfonamides is 1. The zero-order valence-electron chi connectivity index (χ0n) is 12.4. The summed E-state index contributed by atoms with van der Waals surface area (Å²) in [6, 6.07) is 3.34. The van der Waals surface area contributed by atoms with E-state index in [0.29, 0.717) is 26.2 Å². The lowest BCUT2D eigenvalue weighted by Crippen LogP contribution is -2.49. The molecule has 2 saturated heterocycles. The van der Waals surface area contributed by atoms with E-state index in [9.17, 15) is 13.2 Å². The Morgan fingerprint density at radius 3 is 2.50 bits per heavy atom. The van der Waals surface area contributed by atoms with E-state index < -0.39 is 10.0 Å². The first-order chi connectivity index (χ1) is 10.6. The van der Waals surface area contributed by atoms with Gasteiger partial charge >= 0.3 is 0 Å². The van der Waals surface area contributed by atoms with E-state index in [0.717, 1.165) is 25.1 Å². The topological polar surface area (TPSA) is 83.9 Å². The van der Waals surface area contributed by atoms with Crippen LogP contribution in [0.15, 0.2) is 23.2 Å². The second kappa shape index (κ2) is 6.21. The number of carbonyl (C=O) groups excluding carboxylic acids is 1. The minimum atomic E-state index is -3.42. The zero-order valence-corrected chi connectivity index (χ0v) is 13.2. The SMILES string of the molecule is O=C1CN(c2ccc(S(=O)(=O)N3CCCCC3)c[nH+]2)CCN1. The summed E-state index contributed by atoms with van der Waals surface area (Å²) in [6.07, 6.45) is 4.45. The molecule has 2 aliphatic heterocycles. The van der Waals surface area contributed by atoms with Crippen molar-refractivity contribution in [2.24, 2.45) is 0 Å². The van der Waals surface area contributed by atoms with Crippen molar-refractivity contribution in [1.29, 1.82) is 0 Å². The molecule has 120 valence electrons. The minimum absolute atomic E-state index is 0.0235. The van der Waals surface area contributed by atoms with E-state index >= 15 is 0 Å². The summed E-state index contributed by atoms with van der Waals surface area (Å²) in [5.74, 6) is 0.733. The van der Waals surface area contributed by atoms with Crippen LogP contribution in [-0.4, -0.2) is 51.4 Å². The van der Waals surface area contributed by atoms with Crippen molar-refractivity contribution < 1.29 is 18.2 Å². The van der Waals surface area contributed by atoms with Crippen LogP contribution in [-0.2, 0) is 14.8 Å². The maximum atomic E-state index is 12.6. The van der Waals surface area contributed by atoms with Crippen molar-refractivity contribution in [3.05, 3.63) is 18.3 Å². The van der Waals surface area contributed by atoms with Gasteiger partial charge in [-0.15, -0.1) is 0 Å². The number of rotatable bonds is 3. The molecule has 0 bridgehead atoms. The van der Waals surface area contributed by atoms with Crippen LogP contribution < -0.4 is 15.2 Å². The first kappa shape index (κ1) is 15.2. The predicted octanol–water partition coefficient (Wildman–Crippen LogP) is -0.388. The van der Waals surface area contributed by atoms with Crippen molar-refractivity contribution in [1.82, 2.24) is 9.62 Å². The second-order valence-electron chi connectivity index (χ2n) is 5.65. The summed E-state index contributed by atoms with van der Waals surface area (Å²) in [6.45, 7) is 2.78. The number of aromatic nitrogens is 1. The highest BCUT2D eigenvalue weighted by atomic mass is 32.2. The number of anilines is 1. The van der Waals surface area contributed by atoms with Gasteiger partial charge in [0.25, 0.3) is 11.7 Å². The van der Waals surface area contributed by atoms with Crippen molar-refractivity contribution in [3.8, 4) is 0 Å². The fraction of sp³-hybridized carbons (Fsp3) is 0.571. The molecular formula is C14H21N4O3S+. The van der Waals surface area contributed by atoms with Gasteiger partial charge in [-0.05, 0) is 18.9 Å². The zero-order chi connectivity index (χ0) is 15.6. The molecule has 0 unspecified atom stereocenters. The van der Waals surface area contributed by atoms with Crippen LogP contribution in [0.2, 0.25) is 0 Å². The van der Waals surface area contributed by atoms with Gasteiger partial charge in [-0.3, -0.25) is 9.69 Å². The number of piperazine rings is 1. The molecule has 0 aliphatic carbocycles. The molecule has 7 nitrogen and oxygen atoms in total. The third-order valence-corrected chi connectivity index (χ3v) is 5.99. The van der Waals surface area contributed by atoms with Crippen molar-refractivity contribution in [2.45, 2.75) is 24.2 Å². The van der Waals surface area contributed by atoms with Gasteiger partial charge in [0.05, 0.1) is 6.54 Å². The number of H-pyrrole nitrogens is 1. The van der Waals surface area contributed by atoms with E-state index in [2.05, 4.69) is 10.3 Å². The van der Waals surface area contributed by atoms with Crippen LogP contribution >= 0.6 is 0 Å². The normalized spacial score (nSPS) is 20.7. The largest absolute Gasteiger partial charge is 0.349 e. The molecular weight excluding hydrogens is 304 g/mol. The van der Waals surface area contributed by atoms with E-state index in [1.54, 1.807) is 16.4 Å². The summed E-state index contributed by atoms with van der Waals surface area (Å²) in [5.41, 5.74) is 0. The molecule has 0 saturated carbocycles. The standard InChI is InChI=1S/C14H20N4O3S/c19-14-11-17(9-6-15-14)13-5-4-12(10-16-13)22(20,21)18-7-2-1-3-8-18/h4-5,10H,1-3,6-9,11H2,(H,15,19)/p+1. The van der Waals surface area contributed by atoms with Crippen molar-refractivity contribution in [3.63, 3.8) is 0 Å². The summed E-state index contributed by atoms with van der Waals surface area (Å²) >= 11 is 0. The van der Waals surface area contributed by atoms with Gasteiger partial charge in [0.1, 0.15) is 17.6 Å². The molecule has 2 aliphatic rings. The lowest BCUT2D eigenvalue weighted by molar-refractivity contribution is -0.367. The van der Waals surface area contributed by atoms with Gasteiger partial charge < -0.3 is 5.32 Å². The lowest BCUT2D eigenvalue weighted by atomic mass is 10.2. The molecule has 0 radical (unpaired) electrons. The molecule has 8 heteroatoms. The van der Waals surface area contributed by atoms with Crippen LogP contribution in [0.25, 0.3) is 0 Å². The van der Waals surface area contributed by atoms with Gasteiger partial charge in [0.2, 0.25) is 10.0 Å². The maximum Gasteiger partial charge on any atom is 0.274 e. The quantitative estimate of drug-likeness (QED) is 0.820. The van der Waals surface area contributed by atoms with Gasteiger partial charge in [-0.25, -0.2) is 13.4 Å². The molecule has 0 spiro atoms. The number of nitrogens with one attached hydrogen (secondary N) is 2. The van der Waals surface area contributed by atoms with Crippen LogP contribution in [0, 0.1) is 0 Å². The van der Waals surface area contributed by atoms with E-state index in [1.165, 1.54) is 6.20 Å². The fourth-order valence-corrected chi connectivity index (χ4v) is 4.34. The number of carbonyl (C=O) groups is 1. The Hall–Kier alpha value is -1.67. The van der Waals surface area contributed by atoms with Crippen LogP contribution in [0.3, 0.4) is 0 Å². The summed E-state index contributed by atoms with van der Waals surface area (Å²) in [7, 11) is -3.42. The second-order valence-corrected chi connectivity index (χ2v) is 7.58. The van der Waals surface area contributed by atoms with Gasteiger partial charge in [0, 0.05) is 19.2 Å². The molecule has 0 atom stereocenters. The number of hydrogen-bond acceptors (Lipinski definition) is 4. The molecule has 22 heavy (non-hydrogen) atoms. The number of amides is 1. The lowest BCUT2D eigenvalue weighted by Gasteiger charge is -2.25. The highest BCUT2D eigenvalue weighted by Crippen LogP contribution is 2.20. The first-order valence-electron chi connectivity index (χ1n) is 7.61. The predicted molar refractivity (Wildman–Crippen MR) is 80.8 cm³/mol. The maximum absolute atomic E-state index is 12.6. The molecule has 0 aromatic carbocycles. The van der Waals surface area contributed by atoms with Crippen LogP contribution in [0.5, 0.6) is 0 Å². The van der Waals surface area contributed by atoms with Gasteiger partial charge in [0.15, 0.2) is 6.54 Å². The number of pyridine rings is 1. The molecule has 2 N–H and O–H groups in total. The third-order valence-electron chi connectivity index (χ3n) is 4.10. The summed E-state index contributed by atoms with van der Waals surface area (Å²) in [5, 5.41) is 2.76. The molecule has 1 aromatic heterocycles. The monoisotopic (exact) mass is 325 g/mol. The number of nitrogens with zero attached hydrogens (tertiary/aromatic N) is 2. The van der Waals surface area contributed by atoms with E-state index in [1.807, 2.05) is 4.90 Å². The Balaban J connectivity index is 1.77. The van der Waals surface area contributed by atoms with Gasteiger partial charge in [-0.1, -0.05) is 6.42 Å². The van der Waals surface area contributed by atoms with Crippen molar-refractivity contribution >= 4 is 21.7 Å². The fourth-order valence-electron chi connectivity index (χ4n) is 2.86. The van der Waals surface area contributed by atoms with E-state index in [4.69, 9.17) is 0 Å². The van der Waals surface area contributed by atoms with E-state index in [-0.39, 0.29) is 17.3 Å². The third kappa shape index (κ3) is 3.07. The highest BCUT2D eigenvalue weighted by Gasteiger charge is 2.28. The molecule has 3 rings (SSSR count). The average molecular weight is 325 g/mol. The average Bonchev–Trinajstić information content (AvgIpc) is 2.56. The minimum Gasteiger partial charge on any atom is -0.349 e. The molecule has 3 heterocycles.